The second-order valence-corrected chi connectivity index (χ2v) is 6.12. The van der Waals surface area contributed by atoms with Crippen molar-refractivity contribution in [2.75, 3.05) is 20.6 Å². The van der Waals surface area contributed by atoms with E-state index in [1.807, 2.05) is 7.05 Å². The number of nitrogens with one attached hydrogen (secondary N) is 4. The lowest BCUT2D eigenvalue weighted by molar-refractivity contribution is -0.125. The van der Waals surface area contributed by atoms with Crippen LogP contribution >= 0.6 is 0 Å². The standard InChI is InChI=1S/C16H31N5O2/c1-4-5-14(17-2)11-20-21-16(23)19-10-12-6-8-13(9-7-12)15(22)18-3/h11-14,17H,4-10H2,1-3H3,(H,18,22)(H2,19,21,23)/b20-11+/t12?,13?,14-/m0/s1. The SMILES string of the molecule is CCC[C@@H](/C=N/NC(=O)NCC1CCC(C(=O)NC)CC1)NC. The Morgan fingerprint density at radius 3 is 2.48 bits per heavy atom. The summed E-state index contributed by atoms with van der Waals surface area (Å²) in [4.78, 5) is 23.3. The van der Waals surface area contributed by atoms with Gasteiger partial charge in [-0.2, -0.15) is 5.10 Å². The van der Waals surface area contributed by atoms with Gasteiger partial charge in [-0.15, -0.1) is 0 Å². The van der Waals surface area contributed by atoms with Crippen molar-refractivity contribution in [2.45, 2.75) is 51.5 Å². The van der Waals surface area contributed by atoms with Crippen molar-refractivity contribution < 1.29 is 9.59 Å². The van der Waals surface area contributed by atoms with Gasteiger partial charge in [0.15, 0.2) is 0 Å². The molecule has 0 spiro atoms. The van der Waals surface area contributed by atoms with Crippen LogP contribution in [0.15, 0.2) is 5.10 Å². The molecule has 23 heavy (non-hydrogen) atoms. The first-order valence-electron chi connectivity index (χ1n) is 8.56. The molecular weight excluding hydrogens is 294 g/mol. The number of nitrogens with zero attached hydrogens (tertiary/aromatic N) is 1. The minimum absolute atomic E-state index is 0.131. The molecule has 0 aliphatic heterocycles. The fourth-order valence-corrected chi connectivity index (χ4v) is 2.90. The van der Waals surface area contributed by atoms with E-state index in [9.17, 15) is 9.59 Å². The molecule has 0 heterocycles. The Labute approximate surface area is 139 Å². The number of carbonyl (C=O) groups excluding carboxylic acids is 2. The summed E-state index contributed by atoms with van der Waals surface area (Å²) in [5.74, 6) is 0.706. The average molecular weight is 325 g/mol. The Bertz CT molecular complexity index is 392. The fraction of sp³-hybridized carbons (Fsp3) is 0.812. The number of urea groups is 1. The molecule has 4 N–H and O–H groups in total. The van der Waals surface area contributed by atoms with Crippen molar-refractivity contribution in [3.05, 3.63) is 0 Å². The van der Waals surface area contributed by atoms with Crippen molar-refractivity contribution >= 4 is 18.2 Å². The van der Waals surface area contributed by atoms with Gasteiger partial charge < -0.3 is 16.0 Å². The van der Waals surface area contributed by atoms with Gasteiger partial charge in [-0.3, -0.25) is 4.79 Å². The highest BCUT2D eigenvalue weighted by atomic mass is 16.2. The largest absolute Gasteiger partial charge is 0.359 e. The number of hydrogen-bond acceptors (Lipinski definition) is 4. The molecule has 0 radical (unpaired) electrons. The number of rotatable bonds is 8. The zero-order valence-electron chi connectivity index (χ0n) is 14.5. The quantitative estimate of drug-likeness (QED) is 0.399. The van der Waals surface area contributed by atoms with E-state index < -0.39 is 0 Å². The first kappa shape index (κ1) is 19.4. The molecule has 1 aliphatic carbocycles. The first-order chi connectivity index (χ1) is 11.1. The summed E-state index contributed by atoms with van der Waals surface area (Å²) in [6, 6.07) is -0.0960. The van der Waals surface area contributed by atoms with E-state index in [4.69, 9.17) is 0 Å². The van der Waals surface area contributed by atoms with E-state index in [0.29, 0.717) is 12.5 Å². The maximum atomic E-state index is 11.7. The molecule has 7 nitrogen and oxygen atoms in total. The van der Waals surface area contributed by atoms with Crippen LogP contribution in [0.2, 0.25) is 0 Å². The smallest absolute Gasteiger partial charge is 0.335 e. The van der Waals surface area contributed by atoms with Gasteiger partial charge in [-0.1, -0.05) is 13.3 Å². The molecule has 0 aromatic carbocycles. The third kappa shape index (κ3) is 7.45. The molecule has 1 fully saturated rings. The van der Waals surface area contributed by atoms with Crippen LogP contribution in [0.1, 0.15) is 45.4 Å². The zero-order chi connectivity index (χ0) is 17.1. The number of carbonyl (C=O) groups is 2. The maximum Gasteiger partial charge on any atom is 0.335 e. The van der Waals surface area contributed by atoms with Gasteiger partial charge >= 0.3 is 6.03 Å². The van der Waals surface area contributed by atoms with Crippen LogP contribution in [0.4, 0.5) is 4.79 Å². The molecule has 1 aliphatic rings. The minimum atomic E-state index is -0.277. The first-order valence-corrected chi connectivity index (χ1v) is 8.56. The molecule has 0 saturated heterocycles. The lowest BCUT2D eigenvalue weighted by atomic mass is 9.81. The van der Waals surface area contributed by atoms with E-state index in [1.54, 1.807) is 13.3 Å². The number of hydrazone groups is 1. The van der Waals surface area contributed by atoms with Crippen LogP contribution in [0, 0.1) is 11.8 Å². The van der Waals surface area contributed by atoms with E-state index in [-0.39, 0.29) is 23.9 Å². The van der Waals surface area contributed by atoms with Crippen molar-refractivity contribution in [3.63, 3.8) is 0 Å². The zero-order valence-corrected chi connectivity index (χ0v) is 14.5. The highest BCUT2D eigenvalue weighted by molar-refractivity contribution is 5.78. The Hall–Kier alpha value is -1.63. The third-order valence-corrected chi connectivity index (χ3v) is 4.41. The second-order valence-electron chi connectivity index (χ2n) is 6.12. The van der Waals surface area contributed by atoms with Gasteiger partial charge in [0, 0.05) is 31.8 Å². The summed E-state index contributed by atoms with van der Waals surface area (Å²) in [7, 11) is 3.56. The predicted molar refractivity (Wildman–Crippen MR) is 92.3 cm³/mol. The Morgan fingerprint density at radius 2 is 1.91 bits per heavy atom. The van der Waals surface area contributed by atoms with Crippen LogP contribution in [0.25, 0.3) is 0 Å². The number of hydrogen-bond donors (Lipinski definition) is 4. The van der Waals surface area contributed by atoms with Crippen molar-refractivity contribution in [1.29, 1.82) is 0 Å². The van der Waals surface area contributed by atoms with Gasteiger partial charge in [0.25, 0.3) is 0 Å². The Kier molecular flexibility index (Phi) is 9.28. The highest BCUT2D eigenvalue weighted by Gasteiger charge is 2.25. The summed E-state index contributed by atoms with van der Waals surface area (Å²) in [6.07, 6.45) is 7.50. The summed E-state index contributed by atoms with van der Waals surface area (Å²) >= 11 is 0. The lowest BCUT2D eigenvalue weighted by Crippen LogP contribution is -2.38. The minimum Gasteiger partial charge on any atom is -0.359 e. The van der Waals surface area contributed by atoms with E-state index in [2.05, 4.69) is 33.4 Å². The summed E-state index contributed by atoms with van der Waals surface area (Å²) in [6.45, 7) is 2.74. The molecule has 0 aromatic heterocycles. The van der Waals surface area contributed by atoms with Gasteiger partial charge in [0.2, 0.25) is 5.91 Å². The molecule has 7 heteroatoms. The number of amides is 3. The van der Waals surface area contributed by atoms with Crippen molar-refractivity contribution in [2.24, 2.45) is 16.9 Å². The molecule has 1 rings (SSSR count). The van der Waals surface area contributed by atoms with Gasteiger partial charge in [-0.25, -0.2) is 10.2 Å². The lowest BCUT2D eigenvalue weighted by Gasteiger charge is -2.27. The summed E-state index contributed by atoms with van der Waals surface area (Å²) in [5.41, 5.74) is 2.50. The molecule has 3 amide bonds. The molecule has 0 unspecified atom stereocenters. The molecular formula is C16H31N5O2. The van der Waals surface area contributed by atoms with Crippen molar-refractivity contribution in [3.8, 4) is 0 Å². The summed E-state index contributed by atoms with van der Waals surface area (Å²) in [5, 5.41) is 12.6. The molecule has 0 bridgehead atoms. The third-order valence-electron chi connectivity index (χ3n) is 4.41. The van der Waals surface area contributed by atoms with Gasteiger partial charge in [0.05, 0.1) is 0 Å². The highest BCUT2D eigenvalue weighted by Crippen LogP contribution is 2.28. The second kappa shape index (κ2) is 11.0. The van der Waals surface area contributed by atoms with Crippen LogP contribution < -0.4 is 21.4 Å². The molecule has 1 saturated carbocycles. The van der Waals surface area contributed by atoms with Crippen molar-refractivity contribution in [1.82, 2.24) is 21.4 Å². The topological polar surface area (TPSA) is 94.6 Å². The van der Waals surface area contributed by atoms with Crippen LogP contribution in [0.3, 0.4) is 0 Å². The molecule has 1 atom stereocenters. The molecule has 132 valence electrons. The van der Waals surface area contributed by atoms with E-state index in [1.165, 1.54) is 0 Å². The molecule has 0 aromatic rings. The van der Waals surface area contributed by atoms with Crippen LogP contribution in [-0.2, 0) is 4.79 Å². The average Bonchev–Trinajstić information content (AvgIpc) is 2.58. The Balaban J connectivity index is 2.19. The van der Waals surface area contributed by atoms with E-state index >= 15 is 0 Å². The Morgan fingerprint density at radius 1 is 1.22 bits per heavy atom. The van der Waals surface area contributed by atoms with Gasteiger partial charge in [-0.05, 0) is 45.1 Å². The monoisotopic (exact) mass is 325 g/mol. The summed E-state index contributed by atoms with van der Waals surface area (Å²) < 4.78 is 0. The van der Waals surface area contributed by atoms with E-state index in [0.717, 1.165) is 38.5 Å². The maximum absolute atomic E-state index is 11.7. The van der Waals surface area contributed by atoms with Crippen LogP contribution in [0.5, 0.6) is 0 Å². The predicted octanol–water partition coefficient (Wildman–Crippen LogP) is 1.21. The normalized spacial score (nSPS) is 22.6. The fourth-order valence-electron chi connectivity index (χ4n) is 2.90. The van der Waals surface area contributed by atoms with Crippen LogP contribution in [-0.4, -0.2) is 44.8 Å². The van der Waals surface area contributed by atoms with Gasteiger partial charge in [0.1, 0.15) is 0 Å².